The van der Waals surface area contributed by atoms with Gasteiger partial charge in [0.25, 0.3) is 0 Å². The Morgan fingerprint density at radius 2 is 1.71 bits per heavy atom. The van der Waals surface area contributed by atoms with E-state index in [1.165, 1.54) is 44.9 Å². The zero-order valence-electron chi connectivity index (χ0n) is 15.4. The maximum Gasteiger partial charge on any atom is 0.174 e. The molecule has 4 saturated carbocycles. The highest BCUT2D eigenvalue weighted by molar-refractivity contribution is 5.14. The smallest absolute Gasteiger partial charge is 0.174 e. The van der Waals surface area contributed by atoms with Crippen molar-refractivity contribution in [3.8, 4) is 0 Å². The lowest BCUT2D eigenvalue weighted by atomic mass is 9.44. The first kappa shape index (κ1) is 16.1. The summed E-state index contributed by atoms with van der Waals surface area (Å²) < 4.78 is 12.4. The second-order valence-electron chi connectivity index (χ2n) is 10.00. The molecule has 0 amide bonds. The molecule has 1 aliphatic heterocycles. The molecule has 5 rings (SSSR count). The molecule has 3 heteroatoms. The minimum absolute atomic E-state index is 0.00193. The van der Waals surface area contributed by atoms with Crippen LogP contribution in [0.3, 0.4) is 0 Å². The molecule has 5 fully saturated rings. The Morgan fingerprint density at radius 3 is 2.50 bits per heavy atom. The molecular weight excluding hydrogens is 300 g/mol. The van der Waals surface area contributed by atoms with Crippen LogP contribution in [-0.2, 0) is 9.47 Å². The molecule has 1 heterocycles. The molecule has 0 aromatic carbocycles. The van der Waals surface area contributed by atoms with E-state index in [2.05, 4.69) is 13.8 Å². The summed E-state index contributed by atoms with van der Waals surface area (Å²) in [6.07, 6.45) is 11.1. The van der Waals surface area contributed by atoms with Gasteiger partial charge in [-0.05, 0) is 67.6 Å². The Labute approximate surface area is 146 Å². The second kappa shape index (κ2) is 5.20. The zero-order valence-corrected chi connectivity index (χ0v) is 15.4. The van der Waals surface area contributed by atoms with Gasteiger partial charge >= 0.3 is 0 Å². The van der Waals surface area contributed by atoms with Gasteiger partial charge in [0.1, 0.15) is 0 Å². The fourth-order valence-corrected chi connectivity index (χ4v) is 8.30. The topological polar surface area (TPSA) is 38.7 Å². The van der Waals surface area contributed by atoms with Crippen LogP contribution in [0.4, 0.5) is 0 Å². The lowest BCUT2D eigenvalue weighted by molar-refractivity contribution is -0.264. The van der Waals surface area contributed by atoms with Gasteiger partial charge in [0, 0.05) is 11.8 Å². The highest BCUT2D eigenvalue weighted by Crippen LogP contribution is 2.69. The predicted octanol–water partition coefficient (Wildman–Crippen LogP) is 4.13. The van der Waals surface area contributed by atoms with Crippen molar-refractivity contribution in [1.29, 1.82) is 0 Å². The van der Waals surface area contributed by atoms with Crippen molar-refractivity contribution in [2.45, 2.75) is 83.5 Å². The van der Waals surface area contributed by atoms with Gasteiger partial charge in [-0.2, -0.15) is 0 Å². The molecule has 0 aromatic rings. The van der Waals surface area contributed by atoms with E-state index < -0.39 is 5.79 Å². The Balaban J connectivity index is 1.51. The maximum absolute atomic E-state index is 11.4. The summed E-state index contributed by atoms with van der Waals surface area (Å²) in [7, 11) is 0. The van der Waals surface area contributed by atoms with E-state index in [9.17, 15) is 5.11 Å². The van der Waals surface area contributed by atoms with E-state index in [0.29, 0.717) is 23.2 Å². The fourth-order valence-electron chi connectivity index (χ4n) is 8.30. The van der Waals surface area contributed by atoms with Crippen molar-refractivity contribution in [2.24, 2.45) is 34.5 Å². The Hall–Kier alpha value is -0.120. The molecule has 1 saturated heterocycles. The molecule has 7 atom stereocenters. The van der Waals surface area contributed by atoms with Crippen LogP contribution in [0, 0.1) is 34.5 Å². The summed E-state index contributed by atoms with van der Waals surface area (Å²) in [6.45, 7) is 6.34. The first-order valence-corrected chi connectivity index (χ1v) is 10.5. The first-order valence-electron chi connectivity index (χ1n) is 10.5. The summed E-state index contributed by atoms with van der Waals surface area (Å²) in [6, 6.07) is 0. The molecular formula is C21H34O3. The van der Waals surface area contributed by atoms with Crippen molar-refractivity contribution >= 4 is 0 Å². The standard InChI is InChI=1S/C21H34O3/c1-19-9-4-3-5-14(19)6-7-15-16-8-10-21(23-11-12-24-21)20(16,2)13-17(22)18(15)19/h14-18,22H,3-13H2,1-2H3/t14?,15?,16?,17-,18?,19-,20-/m0/s1. The first-order chi connectivity index (χ1) is 11.5. The average Bonchev–Trinajstić information content (AvgIpc) is 3.13. The van der Waals surface area contributed by atoms with Crippen LogP contribution in [0.25, 0.3) is 0 Å². The molecule has 0 radical (unpaired) electrons. The highest BCUT2D eigenvalue weighted by Gasteiger charge is 2.69. The zero-order chi connectivity index (χ0) is 16.6. The largest absolute Gasteiger partial charge is 0.393 e. The van der Waals surface area contributed by atoms with Gasteiger partial charge in [-0.1, -0.05) is 26.7 Å². The third-order valence-electron chi connectivity index (χ3n) is 9.31. The van der Waals surface area contributed by atoms with E-state index in [0.717, 1.165) is 32.0 Å². The number of ether oxygens (including phenoxy) is 2. The Morgan fingerprint density at radius 1 is 0.917 bits per heavy atom. The van der Waals surface area contributed by atoms with E-state index in [1.54, 1.807) is 0 Å². The van der Waals surface area contributed by atoms with Gasteiger partial charge in [-0.15, -0.1) is 0 Å². The third-order valence-corrected chi connectivity index (χ3v) is 9.31. The van der Waals surface area contributed by atoms with Gasteiger partial charge in [0.2, 0.25) is 0 Å². The Bertz CT molecular complexity index is 513. The van der Waals surface area contributed by atoms with Crippen molar-refractivity contribution in [1.82, 2.24) is 0 Å². The number of rotatable bonds is 0. The van der Waals surface area contributed by atoms with Crippen molar-refractivity contribution in [2.75, 3.05) is 13.2 Å². The molecule has 3 nitrogen and oxygen atoms in total. The van der Waals surface area contributed by atoms with Gasteiger partial charge in [0.15, 0.2) is 5.79 Å². The quantitative estimate of drug-likeness (QED) is 0.724. The van der Waals surface area contributed by atoms with E-state index in [-0.39, 0.29) is 11.5 Å². The van der Waals surface area contributed by atoms with E-state index in [1.807, 2.05) is 0 Å². The van der Waals surface area contributed by atoms with Crippen molar-refractivity contribution < 1.29 is 14.6 Å². The van der Waals surface area contributed by atoms with Gasteiger partial charge in [-0.3, -0.25) is 0 Å². The predicted molar refractivity (Wildman–Crippen MR) is 92.4 cm³/mol. The normalized spacial score (nSPS) is 55.9. The number of fused-ring (bicyclic) bond motifs is 6. The van der Waals surface area contributed by atoms with Crippen LogP contribution in [-0.4, -0.2) is 30.2 Å². The fraction of sp³-hybridized carbons (Fsp3) is 1.00. The number of hydrogen-bond acceptors (Lipinski definition) is 3. The molecule has 1 spiro atoms. The van der Waals surface area contributed by atoms with E-state index in [4.69, 9.17) is 9.47 Å². The van der Waals surface area contributed by atoms with E-state index >= 15 is 0 Å². The van der Waals surface area contributed by atoms with Crippen molar-refractivity contribution in [3.05, 3.63) is 0 Å². The lowest BCUT2D eigenvalue weighted by Crippen LogP contribution is -2.61. The van der Waals surface area contributed by atoms with Gasteiger partial charge in [-0.25, -0.2) is 0 Å². The second-order valence-corrected chi connectivity index (χ2v) is 10.00. The SMILES string of the molecule is C[C@]12CCCCC1CCC1C2[C@@H](O)C[C@@]2(C)C1CCC21OCCO1. The summed E-state index contributed by atoms with van der Waals surface area (Å²) in [5, 5.41) is 11.4. The molecule has 136 valence electrons. The highest BCUT2D eigenvalue weighted by atomic mass is 16.7. The van der Waals surface area contributed by atoms with Crippen LogP contribution in [0.15, 0.2) is 0 Å². The number of aliphatic hydroxyl groups excluding tert-OH is 1. The maximum atomic E-state index is 11.4. The summed E-state index contributed by atoms with van der Waals surface area (Å²) in [4.78, 5) is 0. The molecule has 4 unspecified atom stereocenters. The molecule has 0 bridgehead atoms. The van der Waals surface area contributed by atoms with Crippen LogP contribution in [0.1, 0.15) is 71.6 Å². The van der Waals surface area contributed by atoms with Crippen LogP contribution >= 0.6 is 0 Å². The van der Waals surface area contributed by atoms with Crippen molar-refractivity contribution in [3.63, 3.8) is 0 Å². The summed E-state index contributed by atoms with van der Waals surface area (Å²) in [5.74, 6) is 2.30. The third kappa shape index (κ3) is 1.85. The molecule has 0 aromatic heterocycles. The average molecular weight is 335 g/mol. The monoisotopic (exact) mass is 334 g/mol. The minimum Gasteiger partial charge on any atom is -0.393 e. The summed E-state index contributed by atoms with van der Waals surface area (Å²) >= 11 is 0. The van der Waals surface area contributed by atoms with Gasteiger partial charge in [0.05, 0.1) is 19.3 Å². The Kier molecular flexibility index (Phi) is 3.49. The van der Waals surface area contributed by atoms with Crippen LogP contribution < -0.4 is 0 Å². The molecule has 5 aliphatic rings. The number of hydrogen-bond donors (Lipinski definition) is 1. The molecule has 1 N–H and O–H groups in total. The molecule has 4 aliphatic carbocycles. The molecule has 24 heavy (non-hydrogen) atoms. The van der Waals surface area contributed by atoms with Crippen LogP contribution in [0.5, 0.6) is 0 Å². The number of aliphatic hydroxyl groups is 1. The minimum atomic E-state index is -0.395. The van der Waals surface area contributed by atoms with Gasteiger partial charge < -0.3 is 14.6 Å². The van der Waals surface area contributed by atoms with Crippen LogP contribution in [0.2, 0.25) is 0 Å². The summed E-state index contributed by atoms with van der Waals surface area (Å²) in [5.41, 5.74) is 0.372. The lowest BCUT2D eigenvalue weighted by Gasteiger charge is -2.62.